The van der Waals surface area contributed by atoms with Crippen LogP contribution in [-0.2, 0) is 6.42 Å². The minimum Gasteiger partial charge on any atom is -0.314 e. The predicted molar refractivity (Wildman–Crippen MR) is 96.5 cm³/mol. The fourth-order valence-corrected chi connectivity index (χ4v) is 5.15. The van der Waals surface area contributed by atoms with Crippen molar-refractivity contribution in [1.82, 2.24) is 30.0 Å². The first kappa shape index (κ1) is 14.8. The lowest BCUT2D eigenvalue weighted by Gasteiger charge is -2.45. The molecular formula is C18H24N8. The molecule has 2 aromatic heterocycles. The van der Waals surface area contributed by atoms with Gasteiger partial charge in [-0.1, -0.05) is 25.0 Å². The lowest BCUT2D eigenvalue weighted by molar-refractivity contribution is 0.175. The number of imidazole rings is 1. The van der Waals surface area contributed by atoms with Crippen molar-refractivity contribution in [3.05, 3.63) is 24.4 Å². The highest BCUT2D eigenvalue weighted by Crippen LogP contribution is 2.45. The van der Waals surface area contributed by atoms with Crippen LogP contribution < -0.4 is 10.3 Å². The van der Waals surface area contributed by atoms with Crippen LogP contribution in [0, 0.1) is 17.8 Å². The van der Waals surface area contributed by atoms with Gasteiger partial charge in [0.1, 0.15) is 12.0 Å². The zero-order valence-electron chi connectivity index (χ0n) is 15.0. The lowest BCUT2D eigenvalue weighted by atomic mass is 9.80. The number of aromatic nitrogens is 5. The molecule has 2 fully saturated rings. The van der Waals surface area contributed by atoms with Crippen LogP contribution in [0.5, 0.6) is 0 Å². The van der Waals surface area contributed by atoms with E-state index in [1.54, 1.807) is 0 Å². The number of fused-ring (bicyclic) bond motifs is 6. The van der Waals surface area contributed by atoms with E-state index in [1.807, 2.05) is 23.4 Å². The van der Waals surface area contributed by atoms with Gasteiger partial charge in [-0.15, -0.1) is 10.2 Å². The molecule has 4 aliphatic rings. The van der Waals surface area contributed by atoms with E-state index in [0.29, 0.717) is 12.0 Å². The summed E-state index contributed by atoms with van der Waals surface area (Å²) in [6.45, 7) is 2.32. The highest BCUT2D eigenvalue weighted by Gasteiger charge is 2.47. The SMILES string of the molecule is CC1CC1Cc1cnnn1C1=NNC2C3CCCCC3n3cncc3N12. The van der Waals surface area contributed by atoms with Crippen molar-refractivity contribution < 1.29 is 0 Å². The summed E-state index contributed by atoms with van der Waals surface area (Å²) in [5.41, 5.74) is 4.57. The third-order valence-electron chi connectivity index (χ3n) is 6.78. The highest BCUT2D eigenvalue weighted by molar-refractivity contribution is 5.98. The molecule has 2 aliphatic carbocycles. The Morgan fingerprint density at radius 1 is 1.23 bits per heavy atom. The molecule has 0 spiro atoms. The van der Waals surface area contributed by atoms with Crippen LogP contribution in [0.3, 0.4) is 0 Å². The van der Waals surface area contributed by atoms with Gasteiger partial charge >= 0.3 is 0 Å². The van der Waals surface area contributed by atoms with Crippen molar-refractivity contribution in [3.8, 4) is 0 Å². The van der Waals surface area contributed by atoms with Crippen LogP contribution >= 0.6 is 0 Å². The second-order valence-corrected chi connectivity index (χ2v) is 8.34. The Balaban J connectivity index is 1.39. The summed E-state index contributed by atoms with van der Waals surface area (Å²) in [4.78, 5) is 6.74. The van der Waals surface area contributed by atoms with Gasteiger partial charge in [-0.3, -0.25) is 10.3 Å². The van der Waals surface area contributed by atoms with E-state index in [0.717, 1.165) is 35.7 Å². The van der Waals surface area contributed by atoms with Gasteiger partial charge in [0.05, 0.1) is 24.4 Å². The van der Waals surface area contributed by atoms with Gasteiger partial charge in [0, 0.05) is 12.0 Å². The van der Waals surface area contributed by atoms with E-state index < -0.39 is 0 Å². The van der Waals surface area contributed by atoms with Gasteiger partial charge in [0.25, 0.3) is 5.96 Å². The summed E-state index contributed by atoms with van der Waals surface area (Å²) < 4.78 is 4.28. The Morgan fingerprint density at radius 3 is 3.00 bits per heavy atom. The van der Waals surface area contributed by atoms with Crippen molar-refractivity contribution in [2.75, 3.05) is 4.90 Å². The first-order valence-electron chi connectivity index (χ1n) is 9.85. The molecule has 8 nitrogen and oxygen atoms in total. The summed E-state index contributed by atoms with van der Waals surface area (Å²) in [5, 5.41) is 13.3. The highest BCUT2D eigenvalue weighted by atomic mass is 15.6. The van der Waals surface area contributed by atoms with Crippen LogP contribution in [0.4, 0.5) is 5.82 Å². The van der Waals surface area contributed by atoms with Crippen LogP contribution in [0.1, 0.15) is 50.8 Å². The summed E-state index contributed by atoms with van der Waals surface area (Å²) >= 11 is 0. The van der Waals surface area contributed by atoms with Crippen LogP contribution in [0.15, 0.2) is 23.8 Å². The van der Waals surface area contributed by atoms with Crippen molar-refractivity contribution in [2.45, 2.75) is 57.7 Å². The molecule has 136 valence electrons. The van der Waals surface area contributed by atoms with Gasteiger partial charge in [-0.2, -0.15) is 4.68 Å². The maximum absolute atomic E-state index is 4.71. The molecule has 0 aromatic carbocycles. The Morgan fingerprint density at radius 2 is 2.12 bits per heavy atom. The first-order valence-corrected chi connectivity index (χ1v) is 9.85. The number of nitrogens with zero attached hydrogens (tertiary/aromatic N) is 7. The van der Waals surface area contributed by atoms with E-state index in [9.17, 15) is 0 Å². The maximum Gasteiger partial charge on any atom is 0.252 e. The molecule has 0 bridgehead atoms. The smallest absolute Gasteiger partial charge is 0.252 e. The van der Waals surface area contributed by atoms with Crippen molar-refractivity contribution in [3.63, 3.8) is 0 Å². The Labute approximate surface area is 152 Å². The Bertz CT molecular complexity index is 866. The number of hydrogen-bond acceptors (Lipinski definition) is 6. The van der Waals surface area contributed by atoms with E-state index in [-0.39, 0.29) is 6.17 Å². The summed E-state index contributed by atoms with van der Waals surface area (Å²) in [6.07, 6.45) is 13.4. The minimum atomic E-state index is 0.191. The molecule has 4 heterocycles. The first-order chi connectivity index (χ1) is 12.8. The van der Waals surface area contributed by atoms with E-state index in [1.165, 1.54) is 32.1 Å². The zero-order valence-corrected chi connectivity index (χ0v) is 15.0. The maximum atomic E-state index is 4.71. The van der Waals surface area contributed by atoms with Crippen molar-refractivity contribution >= 4 is 11.8 Å². The standard InChI is InChI=1S/C18H24N8/c1-11-6-12(11)7-13-8-20-23-26(13)18-22-21-17-14-4-2-3-5-15(14)24-10-19-9-16(24)25(17)18/h8-12,14-15,17,21H,2-7H2,1H3. The number of rotatable bonds is 2. The molecule has 2 aliphatic heterocycles. The monoisotopic (exact) mass is 352 g/mol. The summed E-state index contributed by atoms with van der Waals surface area (Å²) in [6, 6.07) is 0.520. The van der Waals surface area contributed by atoms with Gasteiger partial charge < -0.3 is 4.57 Å². The molecule has 2 saturated carbocycles. The average molecular weight is 352 g/mol. The van der Waals surface area contributed by atoms with E-state index in [2.05, 4.69) is 37.1 Å². The molecular weight excluding hydrogens is 328 g/mol. The zero-order chi connectivity index (χ0) is 17.3. The number of hydrogen-bond donors (Lipinski definition) is 1. The fourth-order valence-electron chi connectivity index (χ4n) is 5.15. The topological polar surface area (TPSA) is 76.2 Å². The fraction of sp³-hybridized carbons (Fsp3) is 0.667. The normalized spacial score (nSPS) is 34.6. The molecule has 5 unspecified atom stereocenters. The number of hydrazone groups is 1. The molecule has 8 heteroatoms. The molecule has 0 amide bonds. The largest absolute Gasteiger partial charge is 0.314 e. The van der Waals surface area contributed by atoms with E-state index in [4.69, 9.17) is 5.10 Å². The molecule has 26 heavy (non-hydrogen) atoms. The summed E-state index contributed by atoms with van der Waals surface area (Å²) in [5.74, 6) is 4.06. The third-order valence-corrected chi connectivity index (χ3v) is 6.78. The van der Waals surface area contributed by atoms with Crippen LogP contribution in [-0.4, -0.2) is 36.7 Å². The predicted octanol–water partition coefficient (Wildman–Crippen LogP) is 1.97. The molecule has 5 atom stereocenters. The second kappa shape index (κ2) is 5.31. The quantitative estimate of drug-likeness (QED) is 0.894. The van der Waals surface area contributed by atoms with Crippen molar-refractivity contribution in [2.24, 2.45) is 22.9 Å². The molecule has 1 N–H and O–H groups in total. The molecule has 2 aromatic rings. The van der Waals surface area contributed by atoms with Crippen LogP contribution in [0.25, 0.3) is 0 Å². The minimum absolute atomic E-state index is 0.191. The molecule has 0 radical (unpaired) electrons. The summed E-state index contributed by atoms with van der Waals surface area (Å²) in [7, 11) is 0. The van der Waals surface area contributed by atoms with Gasteiger partial charge in [0.2, 0.25) is 0 Å². The van der Waals surface area contributed by atoms with Crippen molar-refractivity contribution in [1.29, 1.82) is 0 Å². The molecule has 0 saturated heterocycles. The van der Waals surface area contributed by atoms with E-state index >= 15 is 0 Å². The number of anilines is 1. The van der Waals surface area contributed by atoms with Gasteiger partial charge in [-0.25, -0.2) is 4.98 Å². The number of nitrogens with one attached hydrogen (secondary N) is 1. The van der Waals surface area contributed by atoms with Crippen LogP contribution in [0.2, 0.25) is 0 Å². The van der Waals surface area contributed by atoms with Gasteiger partial charge in [0.15, 0.2) is 0 Å². The lowest BCUT2D eigenvalue weighted by Crippen LogP contribution is -2.54. The van der Waals surface area contributed by atoms with Gasteiger partial charge in [-0.05, 0) is 37.5 Å². The Hall–Kier alpha value is -2.38. The average Bonchev–Trinajstić information content (AvgIpc) is 3.13. The second-order valence-electron chi connectivity index (χ2n) is 8.34. The Kier molecular flexibility index (Phi) is 3.01. The molecule has 6 rings (SSSR count). The third kappa shape index (κ3) is 2.01.